The van der Waals surface area contributed by atoms with Crippen molar-refractivity contribution in [3.63, 3.8) is 0 Å². The van der Waals surface area contributed by atoms with Gasteiger partial charge in [0.1, 0.15) is 11.6 Å². The van der Waals surface area contributed by atoms with Crippen LogP contribution in [0.5, 0.6) is 11.5 Å². The first-order valence-electron chi connectivity index (χ1n) is 5.80. The van der Waals surface area contributed by atoms with Crippen molar-refractivity contribution in [2.75, 3.05) is 0 Å². The van der Waals surface area contributed by atoms with E-state index in [2.05, 4.69) is 0 Å². The van der Waals surface area contributed by atoms with Crippen molar-refractivity contribution in [2.45, 2.75) is 0 Å². The van der Waals surface area contributed by atoms with Crippen molar-refractivity contribution in [3.05, 3.63) is 64.7 Å². The summed E-state index contributed by atoms with van der Waals surface area (Å²) in [5, 5.41) is 8.52. The summed E-state index contributed by atoms with van der Waals surface area (Å²) in [5.74, 6) is -2.72. The fourth-order valence-electron chi connectivity index (χ4n) is 1.58. The van der Waals surface area contributed by atoms with E-state index < -0.39 is 17.6 Å². The van der Waals surface area contributed by atoms with E-state index in [0.717, 1.165) is 18.2 Å². The molecule has 1 N–H and O–H groups in total. The second-order valence-corrected chi connectivity index (χ2v) is 4.41. The van der Waals surface area contributed by atoms with Crippen LogP contribution in [0.25, 0.3) is 6.08 Å². The van der Waals surface area contributed by atoms with Crippen molar-refractivity contribution in [3.8, 4) is 11.5 Å². The molecule has 21 heavy (non-hydrogen) atoms. The molecule has 0 aliphatic heterocycles. The molecule has 2 aromatic carbocycles. The van der Waals surface area contributed by atoms with Crippen molar-refractivity contribution >= 4 is 23.6 Å². The third-order valence-electron chi connectivity index (χ3n) is 2.51. The molecule has 0 unspecified atom stereocenters. The monoisotopic (exact) mass is 310 g/mol. The maximum atomic E-state index is 13.8. The van der Waals surface area contributed by atoms with E-state index in [-0.39, 0.29) is 22.1 Å². The summed E-state index contributed by atoms with van der Waals surface area (Å²) in [7, 11) is 0. The lowest BCUT2D eigenvalue weighted by Gasteiger charge is -2.10. The molecule has 0 atom stereocenters. The molecule has 0 saturated heterocycles. The number of hydrogen-bond donors (Lipinski definition) is 1. The van der Waals surface area contributed by atoms with E-state index in [1.54, 1.807) is 0 Å². The predicted molar refractivity (Wildman–Crippen MR) is 74.6 cm³/mol. The van der Waals surface area contributed by atoms with Crippen LogP contribution in [-0.2, 0) is 4.79 Å². The third kappa shape index (κ3) is 3.79. The Bertz CT molecular complexity index is 714. The topological polar surface area (TPSA) is 46.5 Å². The summed E-state index contributed by atoms with van der Waals surface area (Å²) in [6.07, 6.45) is 2.04. The highest BCUT2D eigenvalue weighted by molar-refractivity contribution is 6.30. The third-order valence-corrected chi connectivity index (χ3v) is 2.82. The Kier molecular flexibility index (Phi) is 4.55. The molecule has 108 valence electrons. The largest absolute Gasteiger partial charge is 0.478 e. The SMILES string of the molecule is O=C(O)/C=C/c1cccc(F)c1Oc1ccc(Cl)c(F)c1. The van der Waals surface area contributed by atoms with Crippen molar-refractivity contribution in [1.82, 2.24) is 0 Å². The molecular formula is C15H9ClF2O3. The van der Waals surface area contributed by atoms with E-state index >= 15 is 0 Å². The summed E-state index contributed by atoms with van der Waals surface area (Å²) in [4.78, 5) is 10.5. The Labute approximate surface area is 124 Å². The Morgan fingerprint density at radius 1 is 1.19 bits per heavy atom. The number of carboxylic acid groups (broad SMARTS) is 1. The minimum absolute atomic E-state index is 0.0481. The highest BCUT2D eigenvalue weighted by Gasteiger charge is 2.11. The van der Waals surface area contributed by atoms with Gasteiger partial charge in [-0.1, -0.05) is 23.7 Å². The molecule has 0 fully saturated rings. The molecule has 0 aliphatic rings. The Morgan fingerprint density at radius 3 is 2.62 bits per heavy atom. The van der Waals surface area contributed by atoms with Crippen molar-refractivity contribution < 1.29 is 23.4 Å². The standard InChI is InChI=1S/C15H9ClF2O3/c16-11-6-5-10(8-13(11)18)21-15-9(4-7-14(19)20)2-1-3-12(15)17/h1-8H,(H,19,20)/b7-4+. The Morgan fingerprint density at radius 2 is 1.95 bits per heavy atom. The lowest BCUT2D eigenvalue weighted by molar-refractivity contribution is -0.131. The highest BCUT2D eigenvalue weighted by atomic mass is 35.5. The second kappa shape index (κ2) is 6.37. The van der Waals surface area contributed by atoms with Crippen LogP contribution in [0.15, 0.2) is 42.5 Å². The average molecular weight is 311 g/mol. The van der Waals surface area contributed by atoms with E-state index in [9.17, 15) is 13.6 Å². The molecule has 0 amide bonds. The van der Waals surface area contributed by atoms with Crippen molar-refractivity contribution in [2.24, 2.45) is 0 Å². The average Bonchev–Trinajstić information content (AvgIpc) is 2.43. The molecule has 0 aromatic heterocycles. The number of carbonyl (C=O) groups is 1. The van der Waals surface area contributed by atoms with Crippen LogP contribution >= 0.6 is 11.6 Å². The molecule has 0 spiro atoms. The molecule has 0 aliphatic carbocycles. The van der Waals surface area contributed by atoms with E-state index in [4.69, 9.17) is 21.4 Å². The van der Waals surface area contributed by atoms with Gasteiger partial charge in [0.15, 0.2) is 11.6 Å². The quantitative estimate of drug-likeness (QED) is 0.845. The van der Waals surface area contributed by atoms with Gasteiger partial charge in [0, 0.05) is 17.7 Å². The number of rotatable bonds is 4. The molecular weight excluding hydrogens is 302 g/mol. The molecule has 0 saturated carbocycles. The summed E-state index contributed by atoms with van der Waals surface area (Å²) in [6.45, 7) is 0. The van der Waals surface area contributed by atoms with E-state index in [0.29, 0.717) is 0 Å². The normalized spacial score (nSPS) is 10.8. The van der Waals surface area contributed by atoms with Gasteiger partial charge < -0.3 is 9.84 Å². The number of ether oxygens (including phenoxy) is 1. The molecule has 0 heterocycles. The zero-order valence-corrected chi connectivity index (χ0v) is 11.3. The molecule has 2 rings (SSSR count). The predicted octanol–water partition coefficient (Wildman–Crippen LogP) is 4.51. The van der Waals surface area contributed by atoms with Crippen LogP contribution in [0.3, 0.4) is 0 Å². The molecule has 6 heteroatoms. The summed E-state index contributed by atoms with van der Waals surface area (Å²) in [5.41, 5.74) is 0.216. The number of para-hydroxylation sites is 1. The maximum absolute atomic E-state index is 13.8. The maximum Gasteiger partial charge on any atom is 0.328 e. The van der Waals surface area contributed by atoms with Crippen LogP contribution in [0.2, 0.25) is 5.02 Å². The molecule has 2 aromatic rings. The first-order valence-corrected chi connectivity index (χ1v) is 6.17. The van der Waals surface area contributed by atoms with Gasteiger partial charge in [-0.15, -0.1) is 0 Å². The molecule has 0 bridgehead atoms. The number of benzene rings is 2. The first kappa shape index (κ1) is 15.0. The minimum atomic E-state index is -1.18. The fraction of sp³-hybridized carbons (Fsp3) is 0. The van der Waals surface area contributed by atoms with Gasteiger partial charge in [-0.25, -0.2) is 13.6 Å². The van der Waals surface area contributed by atoms with Crippen LogP contribution in [0, 0.1) is 11.6 Å². The van der Waals surface area contributed by atoms with E-state index in [1.807, 2.05) is 0 Å². The lowest BCUT2D eigenvalue weighted by Crippen LogP contribution is -1.93. The number of hydrogen-bond acceptors (Lipinski definition) is 2. The molecule has 3 nitrogen and oxygen atoms in total. The zero-order chi connectivity index (χ0) is 15.4. The lowest BCUT2D eigenvalue weighted by atomic mass is 10.1. The van der Waals surface area contributed by atoms with Gasteiger partial charge in [0.25, 0.3) is 0 Å². The smallest absolute Gasteiger partial charge is 0.328 e. The van der Waals surface area contributed by atoms with Crippen molar-refractivity contribution in [1.29, 1.82) is 0 Å². The number of aliphatic carboxylic acids is 1. The van der Waals surface area contributed by atoms with Crippen LogP contribution < -0.4 is 4.74 Å². The highest BCUT2D eigenvalue weighted by Crippen LogP contribution is 2.31. The van der Waals surface area contributed by atoms with Gasteiger partial charge in [0.05, 0.1) is 5.02 Å². The Hall–Kier alpha value is -2.40. The second-order valence-electron chi connectivity index (χ2n) is 4.01. The van der Waals surface area contributed by atoms with Crippen LogP contribution in [0.4, 0.5) is 8.78 Å². The van der Waals surface area contributed by atoms with Crippen LogP contribution in [0.1, 0.15) is 5.56 Å². The van der Waals surface area contributed by atoms with Gasteiger partial charge >= 0.3 is 5.97 Å². The molecule has 0 radical (unpaired) electrons. The first-order chi connectivity index (χ1) is 9.97. The van der Waals surface area contributed by atoms with Gasteiger partial charge in [-0.2, -0.15) is 0 Å². The number of halogens is 3. The zero-order valence-electron chi connectivity index (χ0n) is 10.5. The van der Waals surface area contributed by atoms with E-state index in [1.165, 1.54) is 30.3 Å². The van der Waals surface area contributed by atoms with Crippen LogP contribution in [-0.4, -0.2) is 11.1 Å². The number of carboxylic acids is 1. The minimum Gasteiger partial charge on any atom is -0.478 e. The van der Waals surface area contributed by atoms with Gasteiger partial charge in [-0.05, 0) is 24.3 Å². The van der Waals surface area contributed by atoms with Gasteiger partial charge in [-0.3, -0.25) is 0 Å². The summed E-state index contributed by atoms with van der Waals surface area (Å²) < 4.78 is 32.4. The Balaban J connectivity index is 2.38. The van der Waals surface area contributed by atoms with Gasteiger partial charge in [0.2, 0.25) is 0 Å². The summed E-state index contributed by atoms with van der Waals surface area (Å²) >= 11 is 5.55. The fourth-order valence-corrected chi connectivity index (χ4v) is 1.70. The summed E-state index contributed by atoms with van der Waals surface area (Å²) in [6, 6.07) is 7.71.